The van der Waals surface area contributed by atoms with E-state index in [1.807, 2.05) is 6.07 Å². The second-order valence-corrected chi connectivity index (χ2v) is 6.46. The lowest BCUT2D eigenvalue weighted by atomic mass is 9.82. The van der Waals surface area contributed by atoms with Crippen LogP contribution < -0.4 is 4.72 Å². The summed E-state index contributed by atoms with van der Waals surface area (Å²) in [6.45, 7) is 2.18. The highest BCUT2D eigenvalue weighted by molar-refractivity contribution is 7.90. The first-order valence-electron chi connectivity index (χ1n) is 5.76. The highest BCUT2D eigenvalue weighted by atomic mass is 32.2. The second-order valence-electron chi connectivity index (χ2n) is 4.81. The van der Waals surface area contributed by atoms with Gasteiger partial charge in [0, 0.05) is 5.56 Å². The molecule has 1 aromatic carbocycles. The first-order chi connectivity index (χ1) is 8.06. The zero-order valence-corrected chi connectivity index (χ0v) is 10.4. The number of rotatable bonds is 1. The van der Waals surface area contributed by atoms with Gasteiger partial charge in [0.15, 0.2) is 0 Å². The van der Waals surface area contributed by atoms with Crippen molar-refractivity contribution in [3.8, 4) is 0 Å². The Hall–Kier alpha value is -1.36. The predicted molar refractivity (Wildman–Crippen MR) is 65.5 cm³/mol. The van der Waals surface area contributed by atoms with Gasteiger partial charge in [0.05, 0.1) is 10.9 Å². The Morgan fingerprint density at radius 2 is 2.00 bits per heavy atom. The van der Waals surface area contributed by atoms with Crippen molar-refractivity contribution in [2.45, 2.75) is 30.7 Å². The number of amidine groups is 1. The lowest BCUT2D eigenvalue weighted by molar-refractivity contribution is 0.292. The molecule has 3 rings (SSSR count). The number of sulfonamides is 1. The quantitative estimate of drug-likeness (QED) is 0.821. The van der Waals surface area contributed by atoms with E-state index in [4.69, 9.17) is 0 Å². The summed E-state index contributed by atoms with van der Waals surface area (Å²) >= 11 is 0. The molecule has 1 heterocycles. The Morgan fingerprint density at radius 1 is 1.29 bits per heavy atom. The van der Waals surface area contributed by atoms with Gasteiger partial charge in [0.25, 0.3) is 10.0 Å². The predicted octanol–water partition coefficient (Wildman–Crippen LogP) is 1.52. The van der Waals surface area contributed by atoms with Crippen molar-refractivity contribution < 1.29 is 8.42 Å². The molecule has 1 N–H and O–H groups in total. The van der Waals surface area contributed by atoms with Crippen LogP contribution >= 0.6 is 0 Å². The summed E-state index contributed by atoms with van der Waals surface area (Å²) in [5.74, 6) is 1.22. The number of benzene rings is 1. The Kier molecular flexibility index (Phi) is 2.26. The van der Waals surface area contributed by atoms with Crippen molar-refractivity contribution >= 4 is 15.9 Å². The maximum Gasteiger partial charge on any atom is 0.263 e. The molecule has 1 aliphatic heterocycles. The van der Waals surface area contributed by atoms with Crippen molar-refractivity contribution in [3.63, 3.8) is 0 Å². The smallest absolute Gasteiger partial charge is 0.263 e. The van der Waals surface area contributed by atoms with E-state index in [-0.39, 0.29) is 6.04 Å². The van der Waals surface area contributed by atoms with Crippen LogP contribution in [0.5, 0.6) is 0 Å². The van der Waals surface area contributed by atoms with E-state index in [9.17, 15) is 8.42 Å². The van der Waals surface area contributed by atoms with Crippen LogP contribution in [0.2, 0.25) is 0 Å². The monoisotopic (exact) mass is 250 g/mol. The van der Waals surface area contributed by atoms with Crippen molar-refractivity contribution in [2.24, 2.45) is 10.9 Å². The van der Waals surface area contributed by atoms with Crippen molar-refractivity contribution in [1.82, 2.24) is 4.72 Å². The topological polar surface area (TPSA) is 58.5 Å². The first-order valence-corrected chi connectivity index (χ1v) is 7.24. The lowest BCUT2D eigenvalue weighted by Gasteiger charge is -2.29. The Bertz CT molecular complexity index is 586. The third kappa shape index (κ3) is 1.74. The summed E-state index contributed by atoms with van der Waals surface area (Å²) in [6, 6.07) is 7.25. The molecule has 0 bridgehead atoms. The molecule has 90 valence electrons. The summed E-state index contributed by atoms with van der Waals surface area (Å²) in [5.41, 5.74) is 0.701. The molecular weight excluding hydrogens is 236 g/mol. The molecule has 0 amide bonds. The van der Waals surface area contributed by atoms with Crippen molar-refractivity contribution in [3.05, 3.63) is 29.8 Å². The molecule has 0 radical (unpaired) electrons. The fourth-order valence-corrected chi connectivity index (χ4v) is 3.62. The normalized spacial score (nSPS) is 31.7. The lowest BCUT2D eigenvalue weighted by Crippen LogP contribution is -2.29. The molecule has 0 unspecified atom stereocenters. The van der Waals surface area contributed by atoms with Crippen LogP contribution in [0, 0.1) is 5.92 Å². The maximum absolute atomic E-state index is 11.8. The number of hydrogen-bond donors (Lipinski definition) is 1. The maximum atomic E-state index is 11.8. The fraction of sp³-hybridized carbons (Fsp3) is 0.417. The van der Waals surface area contributed by atoms with Gasteiger partial charge in [-0.15, -0.1) is 0 Å². The summed E-state index contributed by atoms with van der Waals surface area (Å²) in [5, 5.41) is 0. The molecule has 5 heteroatoms. The highest BCUT2D eigenvalue weighted by Gasteiger charge is 2.32. The zero-order chi connectivity index (χ0) is 12.0. The third-order valence-electron chi connectivity index (χ3n) is 3.32. The molecule has 0 saturated heterocycles. The standard InChI is InChI=1S/C12H14N2O2S/c1-8-6-9(7-8)13-12-10-4-2-3-5-11(10)17(15,16)14-12/h2-5,8-9H,6-7H2,1H3,(H,13,14). The largest absolute Gasteiger partial charge is 0.264 e. The van der Waals surface area contributed by atoms with Gasteiger partial charge < -0.3 is 0 Å². The minimum atomic E-state index is -3.38. The SMILES string of the molecule is CC1CC(N=C2NS(=O)(=O)c3ccccc32)C1. The molecule has 1 aromatic rings. The van der Waals surface area contributed by atoms with Gasteiger partial charge >= 0.3 is 0 Å². The van der Waals surface area contributed by atoms with E-state index in [2.05, 4.69) is 16.6 Å². The molecule has 1 fully saturated rings. The number of fused-ring (bicyclic) bond motifs is 1. The van der Waals surface area contributed by atoms with Gasteiger partial charge in [-0.2, -0.15) is 0 Å². The van der Waals surface area contributed by atoms with Gasteiger partial charge in [0.2, 0.25) is 0 Å². The zero-order valence-electron chi connectivity index (χ0n) is 9.55. The van der Waals surface area contributed by atoms with Crippen LogP contribution in [0.1, 0.15) is 25.3 Å². The van der Waals surface area contributed by atoms with Gasteiger partial charge in [-0.05, 0) is 30.9 Å². The van der Waals surface area contributed by atoms with Gasteiger partial charge in [-0.3, -0.25) is 9.71 Å². The van der Waals surface area contributed by atoms with E-state index < -0.39 is 10.0 Å². The Balaban J connectivity index is 2.00. The molecular formula is C12H14N2O2S. The molecule has 4 nitrogen and oxygen atoms in total. The molecule has 0 atom stereocenters. The minimum Gasteiger partial charge on any atom is -0.264 e. The van der Waals surface area contributed by atoms with E-state index >= 15 is 0 Å². The number of nitrogens with one attached hydrogen (secondary N) is 1. The van der Waals surface area contributed by atoms with E-state index in [0.717, 1.165) is 12.8 Å². The molecule has 0 spiro atoms. The molecule has 1 aliphatic carbocycles. The molecule has 1 saturated carbocycles. The summed E-state index contributed by atoms with van der Waals surface area (Å²) in [6.07, 6.45) is 2.10. The second kappa shape index (κ2) is 3.57. The van der Waals surface area contributed by atoms with Gasteiger partial charge in [-0.25, -0.2) is 8.42 Å². The van der Waals surface area contributed by atoms with Crippen LogP contribution in [-0.2, 0) is 10.0 Å². The first kappa shape index (κ1) is 10.8. The molecule has 17 heavy (non-hydrogen) atoms. The highest BCUT2D eigenvalue weighted by Crippen LogP contribution is 2.31. The van der Waals surface area contributed by atoms with E-state index in [1.165, 1.54) is 0 Å². The van der Waals surface area contributed by atoms with Crippen molar-refractivity contribution in [1.29, 1.82) is 0 Å². The Morgan fingerprint density at radius 3 is 2.71 bits per heavy atom. The molecule has 0 aromatic heterocycles. The number of nitrogens with zero attached hydrogens (tertiary/aromatic N) is 1. The fourth-order valence-electron chi connectivity index (χ4n) is 2.38. The van der Waals surface area contributed by atoms with Crippen LogP contribution in [-0.4, -0.2) is 20.3 Å². The third-order valence-corrected chi connectivity index (χ3v) is 4.72. The average molecular weight is 250 g/mol. The van der Waals surface area contributed by atoms with Crippen LogP contribution in [0.15, 0.2) is 34.2 Å². The molecule has 2 aliphatic rings. The van der Waals surface area contributed by atoms with Gasteiger partial charge in [-0.1, -0.05) is 19.1 Å². The van der Waals surface area contributed by atoms with E-state index in [1.54, 1.807) is 18.2 Å². The minimum absolute atomic E-state index is 0.272. The summed E-state index contributed by atoms with van der Waals surface area (Å²) < 4.78 is 26.2. The average Bonchev–Trinajstić information content (AvgIpc) is 2.50. The van der Waals surface area contributed by atoms with Crippen LogP contribution in [0.3, 0.4) is 0 Å². The number of aliphatic imine (C=N–C) groups is 1. The van der Waals surface area contributed by atoms with Crippen molar-refractivity contribution in [2.75, 3.05) is 0 Å². The Labute approximate surface area is 101 Å². The van der Waals surface area contributed by atoms with Gasteiger partial charge in [0.1, 0.15) is 5.84 Å². The van der Waals surface area contributed by atoms with Crippen LogP contribution in [0.4, 0.5) is 0 Å². The van der Waals surface area contributed by atoms with E-state index in [0.29, 0.717) is 22.2 Å². The summed E-state index contributed by atoms with van der Waals surface area (Å²) in [7, 11) is -3.38. The number of hydrogen-bond acceptors (Lipinski definition) is 3. The van der Waals surface area contributed by atoms with Crippen LogP contribution in [0.25, 0.3) is 0 Å². The summed E-state index contributed by atoms with van der Waals surface area (Å²) in [4.78, 5) is 4.83.